The van der Waals surface area contributed by atoms with Gasteiger partial charge in [0.15, 0.2) is 0 Å². The van der Waals surface area contributed by atoms with Crippen molar-refractivity contribution in [3.05, 3.63) is 46.2 Å². The van der Waals surface area contributed by atoms with E-state index in [-0.39, 0.29) is 6.04 Å². The molecule has 1 heterocycles. The van der Waals surface area contributed by atoms with E-state index in [1.807, 2.05) is 17.9 Å². The Hall–Kier alpha value is -1.13. The first-order valence-electron chi connectivity index (χ1n) is 6.55. The fraction of sp³-hybridized carbons (Fsp3) is 0.400. The summed E-state index contributed by atoms with van der Waals surface area (Å²) in [6.07, 6.45) is 2.03. The van der Waals surface area contributed by atoms with Gasteiger partial charge in [0.05, 0.1) is 11.4 Å². The lowest BCUT2D eigenvalue weighted by Crippen LogP contribution is -2.15. The van der Waals surface area contributed by atoms with Crippen molar-refractivity contribution in [2.75, 3.05) is 7.05 Å². The van der Waals surface area contributed by atoms with Crippen LogP contribution >= 0.6 is 15.9 Å². The van der Waals surface area contributed by atoms with Crippen molar-refractivity contribution < 1.29 is 0 Å². The van der Waals surface area contributed by atoms with Crippen LogP contribution in [0.2, 0.25) is 0 Å². The maximum atomic E-state index is 4.67. The highest BCUT2D eigenvalue weighted by Crippen LogP contribution is 2.25. The van der Waals surface area contributed by atoms with Gasteiger partial charge in [-0.3, -0.25) is 0 Å². The number of benzene rings is 1. The summed E-state index contributed by atoms with van der Waals surface area (Å²) in [7, 11) is 1.97. The number of rotatable bonds is 4. The molecule has 0 amide bonds. The average molecular weight is 322 g/mol. The van der Waals surface area contributed by atoms with Gasteiger partial charge in [-0.05, 0) is 43.7 Å². The third-order valence-electron chi connectivity index (χ3n) is 3.34. The van der Waals surface area contributed by atoms with E-state index >= 15 is 0 Å². The van der Waals surface area contributed by atoms with Gasteiger partial charge in [0.2, 0.25) is 0 Å². The second-order valence-corrected chi connectivity index (χ2v) is 5.97. The Labute approximate surface area is 123 Å². The minimum atomic E-state index is 0.287. The fourth-order valence-electron chi connectivity index (χ4n) is 2.02. The molecule has 19 heavy (non-hydrogen) atoms. The summed E-state index contributed by atoms with van der Waals surface area (Å²) in [5.41, 5.74) is 3.47. The molecule has 0 aliphatic carbocycles. The van der Waals surface area contributed by atoms with Gasteiger partial charge in [-0.15, -0.1) is 0 Å². The Morgan fingerprint density at radius 3 is 2.53 bits per heavy atom. The Kier molecular flexibility index (Phi) is 4.42. The summed E-state index contributed by atoms with van der Waals surface area (Å²) < 4.78 is 3.03. The SMILES string of the molecule is CNC(C)c1ccc(Br)cc1-n1ccc(C(C)C)n1. The van der Waals surface area contributed by atoms with Crippen LogP contribution in [0.5, 0.6) is 0 Å². The Balaban J connectivity index is 2.49. The van der Waals surface area contributed by atoms with Crippen molar-refractivity contribution in [2.45, 2.75) is 32.7 Å². The monoisotopic (exact) mass is 321 g/mol. The predicted molar refractivity (Wildman–Crippen MR) is 82.8 cm³/mol. The van der Waals surface area contributed by atoms with Crippen molar-refractivity contribution in [3.63, 3.8) is 0 Å². The maximum Gasteiger partial charge on any atom is 0.0704 e. The van der Waals surface area contributed by atoms with Crippen LogP contribution in [0.3, 0.4) is 0 Å². The van der Waals surface area contributed by atoms with Crippen LogP contribution in [-0.2, 0) is 0 Å². The number of nitrogens with zero attached hydrogens (tertiary/aromatic N) is 2. The quantitative estimate of drug-likeness (QED) is 0.921. The van der Waals surface area contributed by atoms with E-state index in [4.69, 9.17) is 0 Å². The fourth-order valence-corrected chi connectivity index (χ4v) is 2.37. The first-order valence-corrected chi connectivity index (χ1v) is 7.35. The topological polar surface area (TPSA) is 29.9 Å². The first kappa shape index (κ1) is 14.3. The summed E-state index contributed by atoms with van der Waals surface area (Å²) in [6, 6.07) is 8.69. The Morgan fingerprint density at radius 2 is 1.95 bits per heavy atom. The lowest BCUT2D eigenvalue weighted by Gasteiger charge is -2.16. The zero-order chi connectivity index (χ0) is 14.0. The predicted octanol–water partition coefficient (Wildman–Crippen LogP) is 4.04. The molecule has 0 spiro atoms. The van der Waals surface area contributed by atoms with Crippen molar-refractivity contribution in [3.8, 4) is 5.69 Å². The summed E-state index contributed by atoms with van der Waals surface area (Å²) in [4.78, 5) is 0. The van der Waals surface area contributed by atoms with Gasteiger partial charge >= 0.3 is 0 Å². The van der Waals surface area contributed by atoms with Gasteiger partial charge in [-0.2, -0.15) is 5.10 Å². The van der Waals surface area contributed by atoms with Crippen LogP contribution < -0.4 is 5.32 Å². The maximum absolute atomic E-state index is 4.67. The summed E-state index contributed by atoms with van der Waals surface area (Å²) in [5.74, 6) is 0.443. The molecule has 1 aromatic heterocycles. The molecule has 1 unspecified atom stereocenters. The first-order chi connectivity index (χ1) is 9.02. The number of nitrogens with one attached hydrogen (secondary N) is 1. The van der Waals surface area contributed by atoms with E-state index < -0.39 is 0 Å². The third-order valence-corrected chi connectivity index (χ3v) is 3.83. The normalized spacial score (nSPS) is 12.9. The minimum absolute atomic E-state index is 0.287. The second-order valence-electron chi connectivity index (χ2n) is 5.05. The smallest absolute Gasteiger partial charge is 0.0704 e. The number of hydrogen-bond acceptors (Lipinski definition) is 2. The highest BCUT2D eigenvalue weighted by Gasteiger charge is 2.13. The van der Waals surface area contributed by atoms with E-state index in [0.29, 0.717) is 5.92 Å². The molecular formula is C15H20BrN3. The number of hydrogen-bond donors (Lipinski definition) is 1. The van der Waals surface area contributed by atoms with Crippen molar-refractivity contribution in [1.29, 1.82) is 0 Å². The number of aromatic nitrogens is 2. The van der Waals surface area contributed by atoms with Crippen LogP contribution in [0, 0.1) is 0 Å². The van der Waals surface area contributed by atoms with Crippen LogP contribution in [0.1, 0.15) is 44.0 Å². The van der Waals surface area contributed by atoms with Gasteiger partial charge in [0.1, 0.15) is 0 Å². The largest absolute Gasteiger partial charge is 0.313 e. The molecule has 1 atom stereocenters. The third kappa shape index (κ3) is 3.07. The van der Waals surface area contributed by atoms with Crippen LogP contribution in [0.15, 0.2) is 34.9 Å². The van der Waals surface area contributed by atoms with Gasteiger partial charge in [-0.1, -0.05) is 35.8 Å². The van der Waals surface area contributed by atoms with Gasteiger partial charge < -0.3 is 5.32 Å². The van der Waals surface area contributed by atoms with Crippen molar-refractivity contribution in [2.24, 2.45) is 0 Å². The lowest BCUT2D eigenvalue weighted by molar-refractivity contribution is 0.642. The van der Waals surface area contributed by atoms with Crippen LogP contribution in [0.25, 0.3) is 5.69 Å². The van der Waals surface area contributed by atoms with E-state index in [0.717, 1.165) is 15.9 Å². The molecular weight excluding hydrogens is 302 g/mol. The Morgan fingerprint density at radius 1 is 1.21 bits per heavy atom. The molecule has 102 valence electrons. The Bertz CT molecular complexity index is 560. The van der Waals surface area contributed by atoms with Crippen LogP contribution in [-0.4, -0.2) is 16.8 Å². The van der Waals surface area contributed by atoms with Gasteiger partial charge in [0, 0.05) is 16.7 Å². The zero-order valence-electron chi connectivity index (χ0n) is 11.8. The summed E-state index contributed by atoms with van der Waals surface area (Å²) >= 11 is 3.54. The molecule has 4 heteroatoms. The van der Waals surface area contributed by atoms with Gasteiger partial charge in [0.25, 0.3) is 0 Å². The summed E-state index contributed by atoms with van der Waals surface area (Å²) in [5, 5.41) is 7.95. The zero-order valence-corrected chi connectivity index (χ0v) is 13.4. The molecule has 2 aromatic rings. The highest BCUT2D eigenvalue weighted by atomic mass is 79.9. The molecule has 3 nitrogen and oxygen atoms in total. The van der Waals surface area contributed by atoms with Crippen molar-refractivity contribution in [1.82, 2.24) is 15.1 Å². The molecule has 0 radical (unpaired) electrons. The lowest BCUT2D eigenvalue weighted by atomic mass is 10.1. The van der Waals surface area contributed by atoms with E-state index in [2.05, 4.69) is 71.4 Å². The van der Waals surface area contributed by atoms with Crippen molar-refractivity contribution >= 4 is 15.9 Å². The molecule has 2 rings (SSSR count). The molecule has 0 bridgehead atoms. The minimum Gasteiger partial charge on any atom is -0.313 e. The molecule has 1 aromatic carbocycles. The van der Waals surface area contributed by atoms with E-state index in [1.54, 1.807) is 0 Å². The highest BCUT2D eigenvalue weighted by molar-refractivity contribution is 9.10. The second kappa shape index (κ2) is 5.88. The molecule has 1 N–H and O–H groups in total. The average Bonchev–Trinajstić information content (AvgIpc) is 2.87. The summed E-state index contributed by atoms with van der Waals surface area (Å²) in [6.45, 7) is 6.47. The van der Waals surface area contributed by atoms with Gasteiger partial charge in [-0.25, -0.2) is 4.68 Å². The standard InChI is InChI=1S/C15H20BrN3/c1-10(2)14-7-8-19(18-14)15-9-12(16)5-6-13(15)11(3)17-4/h5-11,17H,1-4H3. The van der Waals surface area contributed by atoms with Crippen LogP contribution in [0.4, 0.5) is 0 Å². The molecule has 0 aliphatic heterocycles. The molecule has 0 aliphatic rings. The molecule has 0 saturated heterocycles. The molecule has 0 saturated carbocycles. The van der Waals surface area contributed by atoms with E-state index in [9.17, 15) is 0 Å². The number of halogens is 1. The van der Waals surface area contributed by atoms with E-state index in [1.165, 1.54) is 5.56 Å². The molecule has 0 fully saturated rings.